The summed E-state index contributed by atoms with van der Waals surface area (Å²) in [7, 11) is 1.33. The molecule has 3 aromatic rings. The number of carbonyl (C=O) groups is 2. The molecule has 7 nitrogen and oxygen atoms in total. The van der Waals surface area contributed by atoms with Gasteiger partial charge in [0.25, 0.3) is 5.91 Å². The zero-order valence-corrected chi connectivity index (χ0v) is 14.0. The topological polar surface area (TPSA) is 93.2 Å². The van der Waals surface area contributed by atoms with E-state index in [-0.39, 0.29) is 11.6 Å². The van der Waals surface area contributed by atoms with Crippen LogP contribution in [0.25, 0.3) is 0 Å². The number of nitrogens with one attached hydrogen (secondary N) is 2. The Bertz CT molecular complexity index is 912. The fourth-order valence-electron chi connectivity index (χ4n) is 2.23. The summed E-state index contributed by atoms with van der Waals surface area (Å²) in [6.45, 7) is 0. The van der Waals surface area contributed by atoms with Crippen molar-refractivity contribution in [3.8, 4) is 0 Å². The number of esters is 1. The summed E-state index contributed by atoms with van der Waals surface area (Å²) in [5.74, 6) is -0.320. The summed E-state index contributed by atoms with van der Waals surface area (Å²) in [5.41, 5.74) is 1.96. The van der Waals surface area contributed by atoms with Gasteiger partial charge in [-0.05, 0) is 42.5 Å². The van der Waals surface area contributed by atoms with Gasteiger partial charge in [0.05, 0.1) is 12.7 Å². The van der Waals surface area contributed by atoms with E-state index in [1.807, 2.05) is 18.2 Å². The molecule has 26 heavy (non-hydrogen) atoms. The lowest BCUT2D eigenvalue weighted by Crippen LogP contribution is -2.14. The van der Waals surface area contributed by atoms with Gasteiger partial charge in [-0.1, -0.05) is 24.3 Å². The second-order valence-electron chi connectivity index (χ2n) is 5.32. The number of anilines is 3. The van der Waals surface area contributed by atoms with Crippen LogP contribution in [0.4, 0.5) is 17.2 Å². The molecule has 0 saturated heterocycles. The fourth-order valence-corrected chi connectivity index (χ4v) is 2.23. The lowest BCUT2D eigenvalue weighted by atomic mass is 10.2. The molecule has 0 radical (unpaired) electrons. The Morgan fingerprint density at radius 1 is 0.885 bits per heavy atom. The summed E-state index contributed by atoms with van der Waals surface area (Å²) in [4.78, 5) is 23.7. The van der Waals surface area contributed by atoms with Gasteiger partial charge in [0.15, 0.2) is 11.5 Å². The van der Waals surface area contributed by atoms with Crippen LogP contribution in [0, 0.1) is 0 Å². The minimum absolute atomic E-state index is 0.197. The standard InChI is InChI=1S/C19H16N4O3/c1-26-19(25)13-6-5-9-15(12-13)20-17-11-10-16(22-23-17)18(24)21-14-7-3-2-4-8-14/h2-12H,1H3,(H,20,23)(H,21,24). The van der Waals surface area contributed by atoms with Crippen molar-refractivity contribution in [3.63, 3.8) is 0 Å². The van der Waals surface area contributed by atoms with E-state index in [0.717, 1.165) is 0 Å². The van der Waals surface area contributed by atoms with E-state index < -0.39 is 5.97 Å². The first-order valence-corrected chi connectivity index (χ1v) is 7.81. The Labute approximate surface area is 150 Å². The number of ether oxygens (including phenoxy) is 1. The van der Waals surface area contributed by atoms with Gasteiger partial charge in [-0.15, -0.1) is 10.2 Å². The largest absolute Gasteiger partial charge is 0.465 e. The molecular weight excluding hydrogens is 332 g/mol. The highest BCUT2D eigenvalue weighted by atomic mass is 16.5. The number of para-hydroxylation sites is 1. The van der Waals surface area contributed by atoms with Gasteiger partial charge in [-0.2, -0.15) is 0 Å². The maximum atomic E-state index is 12.2. The van der Waals surface area contributed by atoms with Crippen LogP contribution in [0.3, 0.4) is 0 Å². The summed E-state index contributed by atoms with van der Waals surface area (Å²) in [5, 5.41) is 13.7. The van der Waals surface area contributed by atoms with Crippen molar-refractivity contribution in [3.05, 3.63) is 78.0 Å². The van der Waals surface area contributed by atoms with Crippen molar-refractivity contribution in [2.45, 2.75) is 0 Å². The molecule has 0 aliphatic carbocycles. The number of amides is 1. The molecule has 1 heterocycles. The second kappa shape index (κ2) is 7.89. The Hall–Kier alpha value is -3.74. The average molecular weight is 348 g/mol. The third kappa shape index (κ3) is 4.21. The molecule has 7 heteroatoms. The fraction of sp³-hybridized carbons (Fsp3) is 0.0526. The van der Waals surface area contributed by atoms with Crippen LogP contribution in [0.15, 0.2) is 66.7 Å². The van der Waals surface area contributed by atoms with E-state index in [9.17, 15) is 9.59 Å². The monoisotopic (exact) mass is 348 g/mol. The number of methoxy groups -OCH3 is 1. The first-order valence-electron chi connectivity index (χ1n) is 7.81. The molecule has 0 saturated carbocycles. The minimum Gasteiger partial charge on any atom is -0.465 e. The number of nitrogens with zero attached hydrogens (tertiary/aromatic N) is 2. The molecule has 0 atom stereocenters. The van der Waals surface area contributed by atoms with Crippen LogP contribution in [-0.4, -0.2) is 29.2 Å². The molecular formula is C19H16N4O3. The lowest BCUT2D eigenvalue weighted by Gasteiger charge is -2.07. The highest BCUT2D eigenvalue weighted by Crippen LogP contribution is 2.16. The maximum absolute atomic E-state index is 12.2. The summed E-state index contributed by atoms with van der Waals surface area (Å²) in [6, 6.07) is 19.1. The van der Waals surface area contributed by atoms with Crippen molar-refractivity contribution < 1.29 is 14.3 Å². The zero-order chi connectivity index (χ0) is 18.4. The molecule has 1 amide bonds. The van der Waals surface area contributed by atoms with Crippen molar-refractivity contribution in [1.29, 1.82) is 0 Å². The molecule has 2 N–H and O–H groups in total. The maximum Gasteiger partial charge on any atom is 0.337 e. The minimum atomic E-state index is -0.423. The van der Waals surface area contributed by atoms with Crippen LogP contribution in [0.2, 0.25) is 0 Å². The van der Waals surface area contributed by atoms with Crippen molar-refractivity contribution >= 4 is 29.1 Å². The van der Waals surface area contributed by atoms with Crippen LogP contribution < -0.4 is 10.6 Å². The quantitative estimate of drug-likeness (QED) is 0.688. The van der Waals surface area contributed by atoms with Gasteiger partial charge in [-0.25, -0.2) is 4.79 Å². The summed E-state index contributed by atoms with van der Waals surface area (Å²) < 4.78 is 4.69. The third-order valence-corrected chi connectivity index (χ3v) is 3.48. The second-order valence-corrected chi connectivity index (χ2v) is 5.32. The smallest absolute Gasteiger partial charge is 0.337 e. The summed E-state index contributed by atoms with van der Waals surface area (Å²) in [6.07, 6.45) is 0. The molecule has 0 spiro atoms. The number of hydrogen-bond donors (Lipinski definition) is 2. The molecule has 0 fully saturated rings. The zero-order valence-electron chi connectivity index (χ0n) is 14.0. The van der Waals surface area contributed by atoms with Gasteiger partial charge in [-0.3, -0.25) is 4.79 Å². The first-order chi connectivity index (χ1) is 12.7. The SMILES string of the molecule is COC(=O)c1cccc(Nc2ccc(C(=O)Nc3ccccc3)nn2)c1. The highest BCUT2D eigenvalue weighted by Gasteiger charge is 2.09. The highest BCUT2D eigenvalue weighted by molar-refractivity contribution is 6.02. The predicted molar refractivity (Wildman–Crippen MR) is 97.5 cm³/mol. The molecule has 130 valence electrons. The molecule has 0 aliphatic rings. The average Bonchev–Trinajstić information content (AvgIpc) is 2.69. The van der Waals surface area contributed by atoms with Gasteiger partial charge in [0, 0.05) is 11.4 Å². The number of aromatic nitrogens is 2. The van der Waals surface area contributed by atoms with E-state index in [1.54, 1.807) is 48.5 Å². The van der Waals surface area contributed by atoms with Gasteiger partial charge in [0.2, 0.25) is 0 Å². The van der Waals surface area contributed by atoms with E-state index in [0.29, 0.717) is 22.8 Å². The number of benzene rings is 2. The first kappa shape index (κ1) is 17.1. The van der Waals surface area contributed by atoms with Gasteiger partial charge in [0.1, 0.15) is 0 Å². The van der Waals surface area contributed by atoms with Gasteiger partial charge < -0.3 is 15.4 Å². The Kier molecular flexibility index (Phi) is 5.19. The summed E-state index contributed by atoms with van der Waals surface area (Å²) >= 11 is 0. The lowest BCUT2D eigenvalue weighted by molar-refractivity contribution is 0.0600. The van der Waals surface area contributed by atoms with E-state index in [1.165, 1.54) is 7.11 Å². The van der Waals surface area contributed by atoms with E-state index in [2.05, 4.69) is 20.8 Å². The van der Waals surface area contributed by atoms with Crippen LogP contribution in [0.1, 0.15) is 20.8 Å². The molecule has 0 aliphatic heterocycles. The molecule has 0 unspecified atom stereocenters. The molecule has 3 rings (SSSR count). The van der Waals surface area contributed by atoms with Crippen molar-refractivity contribution in [2.75, 3.05) is 17.7 Å². The normalized spacial score (nSPS) is 10.0. The molecule has 2 aromatic carbocycles. The number of hydrogen-bond acceptors (Lipinski definition) is 6. The number of carbonyl (C=O) groups excluding carboxylic acids is 2. The Morgan fingerprint density at radius 3 is 2.35 bits per heavy atom. The van der Waals surface area contributed by atoms with Crippen LogP contribution >= 0.6 is 0 Å². The third-order valence-electron chi connectivity index (χ3n) is 3.48. The Balaban J connectivity index is 1.68. The molecule has 1 aromatic heterocycles. The van der Waals surface area contributed by atoms with Crippen LogP contribution in [0.5, 0.6) is 0 Å². The molecule has 0 bridgehead atoms. The number of rotatable bonds is 5. The van der Waals surface area contributed by atoms with Gasteiger partial charge >= 0.3 is 5.97 Å². The van der Waals surface area contributed by atoms with E-state index >= 15 is 0 Å². The van der Waals surface area contributed by atoms with Crippen molar-refractivity contribution in [2.24, 2.45) is 0 Å². The van der Waals surface area contributed by atoms with Crippen LogP contribution in [-0.2, 0) is 4.74 Å². The van der Waals surface area contributed by atoms with E-state index in [4.69, 9.17) is 4.74 Å². The van der Waals surface area contributed by atoms with Crippen molar-refractivity contribution in [1.82, 2.24) is 10.2 Å². The predicted octanol–water partition coefficient (Wildman–Crippen LogP) is 3.26. The Morgan fingerprint density at radius 2 is 1.65 bits per heavy atom.